The lowest BCUT2D eigenvalue weighted by atomic mass is 10.2. The molecule has 0 bridgehead atoms. The Morgan fingerprint density at radius 3 is 2.76 bits per heavy atom. The summed E-state index contributed by atoms with van der Waals surface area (Å²) in [4.78, 5) is 3.84. The first kappa shape index (κ1) is 11.5. The molecule has 90 valence electrons. The molecule has 0 saturated heterocycles. The van der Waals surface area contributed by atoms with E-state index in [0.717, 1.165) is 6.20 Å². The van der Waals surface area contributed by atoms with Crippen LogP contribution >= 0.6 is 0 Å². The summed E-state index contributed by atoms with van der Waals surface area (Å²) in [6.07, 6.45) is -3.23. The van der Waals surface area contributed by atoms with E-state index < -0.39 is 12.8 Å². The van der Waals surface area contributed by atoms with Gasteiger partial charge in [0.05, 0.1) is 6.20 Å². The van der Waals surface area contributed by atoms with E-state index in [1.807, 2.05) is 0 Å². The fraction of sp³-hybridized carbons (Fsp3) is 0.182. The predicted molar refractivity (Wildman–Crippen MR) is 55.0 cm³/mol. The van der Waals surface area contributed by atoms with Crippen molar-refractivity contribution in [3.63, 3.8) is 0 Å². The number of aromatic nitrogens is 1. The number of hydrogen-bond donors (Lipinski definition) is 1. The van der Waals surface area contributed by atoms with Gasteiger partial charge in [-0.15, -0.1) is 0 Å². The van der Waals surface area contributed by atoms with E-state index >= 15 is 0 Å². The molecule has 1 N–H and O–H groups in total. The topological polar surface area (TPSA) is 42.4 Å². The molecule has 1 aromatic heterocycles. The Kier molecular flexibility index (Phi) is 2.79. The number of ether oxygens (including phenoxy) is 1. The number of pyridine rings is 1. The maximum absolute atomic E-state index is 12.0. The van der Waals surface area contributed by atoms with Crippen LogP contribution in [0.15, 0.2) is 30.5 Å². The van der Waals surface area contributed by atoms with Crippen molar-refractivity contribution in [3.8, 4) is 11.5 Å². The smallest absolute Gasteiger partial charge is 0.422 e. The van der Waals surface area contributed by atoms with Crippen LogP contribution < -0.4 is 4.74 Å². The summed E-state index contributed by atoms with van der Waals surface area (Å²) in [5.74, 6) is -0.00898. The van der Waals surface area contributed by atoms with Crippen LogP contribution in [0, 0.1) is 0 Å². The molecule has 0 atom stereocenters. The third-order valence-electron chi connectivity index (χ3n) is 2.05. The summed E-state index contributed by atoms with van der Waals surface area (Å²) < 4.78 is 40.7. The molecule has 1 heterocycles. The highest BCUT2D eigenvalue weighted by Crippen LogP contribution is 2.27. The van der Waals surface area contributed by atoms with Crippen molar-refractivity contribution in [1.82, 2.24) is 4.98 Å². The molecule has 0 aliphatic heterocycles. The molecular formula is C11H8F3NO2. The average molecular weight is 243 g/mol. The number of aromatic hydroxyl groups is 1. The summed E-state index contributed by atoms with van der Waals surface area (Å²) >= 11 is 0. The first-order valence-electron chi connectivity index (χ1n) is 4.73. The van der Waals surface area contributed by atoms with E-state index in [1.165, 1.54) is 18.2 Å². The van der Waals surface area contributed by atoms with Gasteiger partial charge < -0.3 is 9.84 Å². The summed E-state index contributed by atoms with van der Waals surface area (Å²) in [7, 11) is 0. The van der Waals surface area contributed by atoms with Gasteiger partial charge in [-0.05, 0) is 12.1 Å². The lowest BCUT2D eigenvalue weighted by Crippen LogP contribution is -2.19. The lowest BCUT2D eigenvalue weighted by Gasteiger charge is -2.10. The van der Waals surface area contributed by atoms with Gasteiger partial charge in [-0.3, -0.25) is 0 Å². The number of benzene rings is 1. The zero-order valence-electron chi connectivity index (χ0n) is 8.53. The summed E-state index contributed by atoms with van der Waals surface area (Å²) in [5.41, 5.74) is 0.287. The van der Waals surface area contributed by atoms with Gasteiger partial charge in [0.15, 0.2) is 6.61 Å². The minimum absolute atomic E-state index is 0.0415. The predicted octanol–water partition coefficient (Wildman–Crippen LogP) is 2.88. The van der Waals surface area contributed by atoms with Gasteiger partial charge in [0.25, 0.3) is 0 Å². The molecule has 3 nitrogen and oxygen atoms in total. The maximum Gasteiger partial charge on any atom is 0.422 e. The Hall–Kier alpha value is -1.98. The number of para-hydroxylation sites is 1. The fourth-order valence-corrected chi connectivity index (χ4v) is 1.40. The second-order valence-electron chi connectivity index (χ2n) is 3.43. The van der Waals surface area contributed by atoms with Crippen LogP contribution in [0.2, 0.25) is 0 Å². The lowest BCUT2D eigenvalue weighted by molar-refractivity contribution is -0.153. The van der Waals surface area contributed by atoms with Crippen LogP contribution in [0.1, 0.15) is 0 Å². The number of fused-ring (bicyclic) bond motifs is 1. The molecule has 0 saturated carbocycles. The van der Waals surface area contributed by atoms with E-state index in [1.54, 1.807) is 6.07 Å². The van der Waals surface area contributed by atoms with E-state index in [9.17, 15) is 18.3 Å². The molecule has 17 heavy (non-hydrogen) atoms. The van der Waals surface area contributed by atoms with Crippen molar-refractivity contribution in [1.29, 1.82) is 0 Å². The van der Waals surface area contributed by atoms with Crippen molar-refractivity contribution >= 4 is 10.9 Å². The van der Waals surface area contributed by atoms with Crippen LogP contribution in [0.4, 0.5) is 13.2 Å². The Labute approximate surface area is 94.5 Å². The van der Waals surface area contributed by atoms with Gasteiger partial charge in [-0.25, -0.2) is 4.98 Å². The van der Waals surface area contributed by atoms with Crippen LogP contribution in [-0.2, 0) is 0 Å². The van der Waals surface area contributed by atoms with Crippen LogP contribution in [0.5, 0.6) is 11.5 Å². The molecule has 6 heteroatoms. The minimum atomic E-state index is -4.39. The van der Waals surface area contributed by atoms with E-state index in [0.29, 0.717) is 5.39 Å². The summed E-state index contributed by atoms with van der Waals surface area (Å²) in [6.45, 7) is -1.37. The monoisotopic (exact) mass is 243 g/mol. The van der Waals surface area contributed by atoms with E-state index in [-0.39, 0.29) is 17.0 Å². The Morgan fingerprint density at radius 2 is 2.06 bits per heavy atom. The normalized spacial score (nSPS) is 11.7. The number of halogens is 3. The van der Waals surface area contributed by atoms with Gasteiger partial charge >= 0.3 is 6.18 Å². The van der Waals surface area contributed by atoms with Crippen molar-refractivity contribution in [2.75, 3.05) is 6.61 Å². The quantitative estimate of drug-likeness (QED) is 0.881. The van der Waals surface area contributed by atoms with Gasteiger partial charge in [-0.2, -0.15) is 13.2 Å². The van der Waals surface area contributed by atoms with Crippen molar-refractivity contribution in [2.45, 2.75) is 6.18 Å². The van der Waals surface area contributed by atoms with Gasteiger partial charge in [-0.1, -0.05) is 12.1 Å². The van der Waals surface area contributed by atoms with Crippen molar-refractivity contribution < 1.29 is 23.0 Å². The molecule has 0 aliphatic carbocycles. The Morgan fingerprint density at radius 1 is 1.29 bits per heavy atom. The molecule has 0 unspecified atom stereocenters. The third kappa shape index (κ3) is 2.77. The Balaban J connectivity index is 2.34. The summed E-state index contributed by atoms with van der Waals surface area (Å²) in [6, 6.07) is 5.97. The number of hydrogen-bond acceptors (Lipinski definition) is 3. The fourth-order valence-electron chi connectivity index (χ4n) is 1.40. The number of rotatable bonds is 2. The number of alkyl halides is 3. The van der Waals surface area contributed by atoms with Crippen molar-refractivity contribution in [2.24, 2.45) is 0 Å². The molecule has 0 aliphatic rings. The first-order valence-corrected chi connectivity index (χ1v) is 4.73. The van der Waals surface area contributed by atoms with Crippen molar-refractivity contribution in [3.05, 3.63) is 30.5 Å². The van der Waals surface area contributed by atoms with Gasteiger partial charge in [0, 0.05) is 5.39 Å². The van der Waals surface area contributed by atoms with Gasteiger partial charge in [0.1, 0.15) is 17.0 Å². The summed E-state index contributed by atoms with van der Waals surface area (Å²) in [5, 5.41) is 9.72. The van der Waals surface area contributed by atoms with E-state index in [2.05, 4.69) is 9.72 Å². The molecule has 1 aromatic carbocycles. The standard InChI is InChI=1S/C11H8F3NO2/c12-11(13,14)6-17-9-3-1-2-7-4-8(16)5-15-10(7)9/h1-5,16H,6H2. The zero-order valence-corrected chi connectivity index (χ0v) is 8.53. The third-order valence-corrected chi connectivity index (χ3v) is 2.05. The second-order valence-corrected chi connectivity index (χ2v) is 3.43. The molecule has 0 fully saturated rings. The first-order chi connectivity index (χ1) is 7.96. The van der Waals surface area contributed by atoms with Crippen LogP contribution in [0.25, 0.3) is 10.9 Å². The minimum Gasteiger partial charge on any atom is -0.506 e. The van der Waals surface area contributed by atoms with E-state index in [4.69, 9.17) is 0 Å². The second kappa shape index (κ2) is 4.12. The SMILES string of the molecule is Oc1cnc2c(OCC(F)(F)F)cccc2c1. The average Bonchev–Trinajstić information content (AvgIpc) is 2.24. The number of nitrogens with zero attached hydrogens (tertiary/aromatic N) is 1. The molecule has 2 aromatic rings. The Bertz CT molecular complexity index is 540. The van der Waals surface area contributed by atoms with Crippen LogP contribution in [0.3, 0.4) is 0 Å². The molecule has 0 radical (unpaired) electrons. The molecule has 2 rings (SSSR count). The molecule has 0 spiro atoms. The highest BCUT2D eigenvalue weighted by Gasteiger charge is 2.28. The molecule has 0 amide bonds. The largest absolute Gasteiger partial charge is 0.506 e. The highest BCUT2D eigenvalue weighted by molar-refractivity contribution is 5.85. The van der Waals surface area contributed by atoms with Gasteiger partial charge in [0.2, 0.25) is 0 Å². The maximum atomic E-state index is 12.0. The zero-order chi connectivity index (χ0) is 12.5. The highest BCUT2D eigenvalue weighted by atomic mass is 19.4. The van der Waals surface area contributed by atoms with Crippen LogP contribution in [-0.4, -0.2) is 22.9 Å². The molecular weight excluding hydrogens is 235 g/mol.